The number of nitrogens with zero attached hydrogens (tertiary/aromatic N) is 1. The Balaban J connectivity index is 0.00000106. The second-order valence-corrected chi connectivity index (χ2v) is 3.21. The molecule has 0 saturated heterocycles. The zero-order valence-electron chi connectivity index (χ0n) is 10.8. The van der Waals surface area contributed by atoms with Crippen LogP contribution in [0, 0.1) is 6.92 Å². The molecule has 0 saturated carbocycles. The highest BCUT2D eigenvalue weighted by Gasteiger charge is 2.06. The minimum Gasteiger partial charge on any atom is -0.288 e. The van der Waals surface area contributed by atoms with E-state index in [9.17, 15) is 4.79 Å². The molecule has 2 heteroatoms. The number of aryl methyl sites for hydroxylation is 1. The van der Waals surface area contributed by atoms with Gasteiger partial charge in [0.15, 0.2) is 0 Å². The van der Waals surface area contributed by atoms with Crippen LogP contribution in [0.25, 0.3) is 0 Å². The number of amides is 1. The predicted octanol–water partition coefficient (Wildman–Crippen LogP) is 3.91. The standard InChI is InChI=1S/C12H15NO.C2H6/c1-4-9-13(11(3)14)12-7-5-10(2)6-8-12;1-2/h4-9H,1-3H3;1-2H3/b9-4-;. The summed E-state index contributed by atoms with van der Waals surface area (Å²) in [6, 6.07) is 7.87. The predicted molar refractivity (Wildman–Crippen MR) is 70.5 cm³/mol. The van der Waals surface area contributed by atoms with Crippen molar-refractivity contribution in [2.24, 2.45) is 0 Å². The molecule has 1 aromatic rings. The van der Waals surface area contributed by atoms with Gasteiger partial charge in [-0.2, -0.15) is 0 Å². The number of carbonyl (C=O) groups is 1. The summed E-state index contributed by atoms with van der Waals surface area (Å²) in [6.07, 6.45) is 3.62. The van der Waals surface area contributed by atoms with Crippen molar-refractivity contribution >= 4 is 11.6 Å². The molecule has 0 unspecified atom stereocenters. The van der Waals surface area contributed by atoms with Gasteiger partial charge in [-0.25, -0.2) is 0 Å². The van der Waals surface area contributed by atoms with Crippen LogP contribution in [0.1, 0.15) is 33.3 Å². The van der Waals surface area contributed by atoms with Crippen LogP contribution in [0.3, 0.4) is 0 Å². The summed E-state index contributed by atoms with van der Waals surface area (Å²) in [6.45, 7) is 9.47. The van der Waals surface area contributed by atoms with Gasteiger partial charge in [0.25, 0.3) is 0 Å². The Kier molecular flexibility index (Phi) is 6.93. The summed E-state index contributed by atoms with van der Waals surface area (Å²) in [4.78, 5) is 12.9. The molecule has 1 amide bonds. The van der Waals surface area contributed by atoms with Gasteiger partial charge in [0, 0.05) is 18.8 Å². The molecule has 0 atom stereocenters. The van der Waals surface area contributed by atoms with Gasteiger partial charge in [-0.05, 0) is 26.0 Å². The van der Waals surface area contributed by atoms with Gasteiger partial charge < -0.3 is 0 Å². The van der Waals surface area contributed by atoms with Crippen molar-refractivity contribution in [2.45, 2.75) is 34.6 Å². The highest BCUT2D eigenvalue weighted by molar-refractivity contribution is 5.93. The zero-order valence-corrected chi connectivity index (χ0v) is 10.8. The first-order valence-corrected chi connectivity index (χ1v) is 5.64. The maximum Gasteiger partial charge on any atom is 0.227 e. The monoisotopic (exact) mass is 219 g/mol. The first-order chi connectivity index (χ1) is 7.65. The van der Waals surface area contributed by atoms with Gasteiger partial charge in [0.05, 0.1) is 0 Å². The molecule has 0 aromatic heterocycles. The molecule has 0 bridgehead atoms. The lowest BCUT2D eigenvalue weighted by atomic mass is 10.2. The number of carbonyl (C=O) groups excluding carboxylic acids is 1. The third-order valence-corrected chi connectivity index (χ3v) is 1.95. The smallest absolute Gasteiger partial charge is 0.227 e. The summed E-state index contributed by atoms with van der Waals surface area (Å²) in [5.74, 6) is 0.0203. The van der Waals surface area contributed by atoms with E-state index in [0.29, 0.717) is 0 Å². The van der Waals surface area contributed by atoms with Crippen molar-refractivity contribution in [3.8, 4) is 0 Å². The molecule has 0 fully saturated rings. The SMILES string of the molecule is C/C=C\N(C(C)=O)c1ccc(C)cc1.CC. The lowest BCUT2D eigenvalue weighted by Crippen LogP contribution is -2.21. The highest BCUT2D eigenvalue weighted by Crippen LogP contribution is 2.15. The summed E-state index contributed by atoms with van der Waals surface area (Å²) < 4.78 is 0. The number of rotatable bonds is 2. The van der Waals surface area contributed by atoms with Crippen molar-refractivity contribution < 1.29 is 4.79 Å². The minimum atomic E-state index is 0.0203. The molecular formula is C14H21NO. The van der Waals surface area contributed by atoms with E-state index in [0.717, 1.165) is 5.69 Å². The average Bonchev–Trinajstić information content (AvgIpc) is 2.30. The number of allylic oxidation sites excluding steroid dienone is 1. The van der Waals surface area contributed by atoms with E-state index in [2.05, 4.69) is 0 Å². The molecule has 0 aliphatic rings. The molecule has 0 aliphatic carbocycles. The van der Waals surface area contributed by atoms with E-state index in [4.69, 9.17) is 0 Å². The average molecular weight is 219 g/mol. The molecule has 1 rings (SSSR count). The minimum absolute atomic E-state index is 0.0203. The first-order valence-electron chi connectivity index (χ1n) is 5.64. The Bertz CT molecular complexity index is 338. The number of anilines is 1. The van der Waals surface area contributed by atoms with Crippen molar-refractivity contribution in [2.75, 3.05) is 4.90 Å². The highest BCUT2D eigenvalue weighted by atomic mass is 16.2. The van der Waals surface area contributed by atoms with E-state index in [1.807, 2.05) is 58.0 Å². The lowest BCUT2D eigenvalue weighted by Gasteiger charge is -2.16. The van der Waals surface area contributed by atoms with Crippen LogP contribution in [0.15, 0.2) is 36.5 Å². The van der Waals surface area contributed by atoms with Crippen LogP contribution in [0.5, 0.6) is 0 Å². The van der Waals surface area contributed by atoms with Crippen LogP contribution in [0.2, 0.25) is 0 Å². The fourth-order valence-electron chi connectivity index (χ4n) is 1.23. The fraction of sp³-hybridized carbons (Fsp3) is 0.357. The molecule has 0 heterocycles. The van der Waals surface area contributed by atoms with Gasteiger partial charge in [-0.3, -0.25) is 9.69 Å². The molecule has 0 spiro atoms. The molecule has 16 heavy (non-hydrogen) atoms. The topological polar surface area (TPSA) is 20.3 Å². The van der Waals surface area contributed by atoms with Crippen molar-refractivity contribution in [1.29, 1.82) is 0 Å². The molecule has 2 nitrogen and oxygen atoms in total. The molecular weight excluding hydrogens is 198 g/mol. The molecule has 1 aromatic carbocycles. The van der Waals surface area contributed by atoms with Gasteiger partial charge in [-0.1, -0.05) is 37.6 Å². The molecule has 0 N–H and O–H groups in total. The quantitative estimate of drug-likeness (QED) is 0.738. The Labute approximate surface area is 98.6 Å². The zero-order chi connectivity index (χ0) is 12.6. The summed E-state index contributed by atoms with van der Waals surface area (Å²) >= 11 is 0. The maximum absolute atomic E-state index is 11.3. The van der Waals surface area contributed by atoms with Crippen LogP contribution in [-0.2, 0) is 4.79 Å². The molecule has 88 valence electrons. The van der Waals surface area contributed by atoms with Crippen LogP contribution >= 0.6 is 0 Å². The van der Waals surface area contributed by atoms with Crippen molar-refractivity contribution in [3.05, 3.63) is 42.1 Å². The van der Waals surface area contributed by atoms with Crippen molar-refractivity contribution in [3.63, 3.8) is 0 Å². The summed E-state index contributed by atoms with van der Waals surface area (Å²) in [5.41, 5.74) is 2.10. The first kappa shape index (κ1) is 14.4. The summed E-state index contributed by atoms with van der Waals surface area (Å²) in [7, 11) is 0. The molecule has 0 radical (unpaired) electrons. The van der Waals surface area contributed by atoms with E-state index >= 15 is 0 Å². The van der Waals surface area contributed by atoms with E-state index in [1.165, 1.54) is 5.56 Å². The second-order valence-electron chi connectivity index (χ2n) is 3.21. The summed E-state index contributed by atoms with van der Waals surface area (Å²) in [5, 5.41) is 0. The van der Waals surface area contributed by atoms with Crippen molar-refractivity contribution in [1.82, 2.24) is 0 Å². The van der Waals surface area contributed by atoms with Crippen LogP contribution < -0.4 is 4.90 Å². The largest absolute Gasteiger partial charge is 0.288 e. The normalized spacial score (nSPS) is 9.56. The van der Waals surface area contributed by atoms with Gasteiger partial charge in [0.1, 0.15) is 0 Å². The van der Waals surface area contributed by atoms with E-state index < -0.39 is 0 Å². The van der Waals surface area contributed by atoms with E-state index in [-0.39, 0.29) is 5.91 Å². The lowest BCUT2D eigenvalue weighted by molar-refractivity contribution is -0.116. The Morgan fingerprint density at radius 1 is 1.19 bits per heavy atom. The van der Waals surface area contributed by atoms with Crippen LogP contribution in [-0.4, -0.2) is 5.91 Å². The van der Waals surface area contributed by atoms with Crippen LogP contribution in [0.4, 0.5) is 5.69 Å². The Hall–Kier alpha value is -1.57. The third kappa shape index (κ3) is 4.30. The fourth-order valence-corrected chi connectivity index (χ4v) is 1.23. The number of benzene rings is 1. The number of hydrogen-bond acceptors (Lipinski definition) is 1. The Morgan fingerprint density at radius 3 is 2.06 bits per heavy atom. The van der Waals surface area contributed by atoms with Gasteiger partial charge in [0.2, 0.25) is 5.91 Å². The van der Waals surface area contributed by atoms with Gasteiger partial charge in [-0.15, -0.1) is 0 Å². The maximum atomic E-state index is 11.3. The van der Waals surface area contributed by atoms with Gasteiger partial charge >= 0.3 is 0 Å². The second kappa shape index (κ2) is 7.69. The van der Waals surface area contributed by atoms with E-state index in [1.54, 1.807) is 18.0 Å². The third-order valence-electron chi connectivity index (χ3n) is 1.95. The Morgan fingerprint density at radius 2 is 1.69 bits per heavy atom. The molecule has 0 aliphatic heterocycles. The number of hydrogen-bond donors (Lipinski definition) is 0.